The van der Waals surface area contributed by atoms with Gasteiger partial charge in [-0.2, -0.15) is 0 Å². The second kappa shape index (κ2) is 8.25. The number of hydrogen-bond donors (Lipinski definition) is 1. The third kappa shape index (κ3) is 4.25. The lowest BCUT2D eigenvalue weighted by Gasteiger charge is -2.25. The number of benzene rings is 1. The number of imide groups is 1. The van der Waals surface area contributed by atoms with Crippen molar-refractivity contribution in [1.82, 2.24) is 4.90 Å². The van der Waals surface area contributed by atoms with Crippen LogP contribution in [0.5, 0.6) is 0 Å². The van der Waals surface area contributed by atoms with E-state index in [0.29, 0.717) is 12.8 Å². The minimum Gasteiger partial charge on any atom is -0.447 e. The highest BCUT2D eigenvalue weighted by atomic mass is 16.6. The summed E-state index contributed by atoms with van der Waals surface area (Å²) in [6.45, 7) is 4.97. The predicted molar refractivity (Wildman–Crippen MR) is 91.8 cm³/mol. The fraction of sp³-hybridized carbons (Fsp3) is 0.526. The molecule has 0 radical (unpaired) electrons. The molecule has 1 aliphatic rings. The van der Waals surface area contributed by atoms with Crippen LogP contribution in [-0.2, 0) is 20.7 Å². The van der Waals surface area contributed by atoms with E-state index in [2.05, 4.69) is 0 Å². The Morgan fingerprint density at radius 2 is 1.92 bits per heavy atom. The van der Waals surface area contributed by atoms with Gasteiger partial charge in [-0.15, -0.1) is 0 Å². The molecule has 0 saturated carbocycles. The van der Waals surface area contributed by atoms with Gasteiger partial charge in [-0.3, -0.25) is 9.59 Å². The van der Waals surface area contributed by atoms with Crippen LogP contribution in [0, 0.1) is 11.8 Å². The van der Waals surface area contributed by atoms with Gasteiger partial charge in [0.1, 0.15) is 12.4 Å². The Hall–Kier alpha value is -2.21. The Kier molecular flexibility index (Phi) is 6.31. The molecule has 0 bridgehead atoms. The Morgan fingerprint density at radius 1 is 1.28 bits per heavy atom. The number of aliphatic hydroxyl groups is 1. The smallest absolute Gasteiger partial charge is 0.417 e. The number of ether oxygens (including phenoxy) is 1. The Balaban J connectivity index is 2.11. The molecule has 1 aromatic rings. The standard InChI is InChI=1S/C19H25NO5/c1-4-16(21)12(2)17(22)13(3)18(23)20-15(11-25-19(20)24)10-14-8-6-5-7-9-14/h5-9,12-13,15-16,21H,4,10-11H2,1-3H3/t12-,13-,15+,16-/m1/s1. The Labute approximate surface area is 147 Å². The molecule has 1 N–H and O–H groups in total. The number of ketones is 1. The van der Waals surface area contributed by atoms with Crippen LogP contribution in [0.3, 0.4) is 0 Å². The number of Topliss-reactive ketones (excluding diaryl/α,β-unsaturated/α-hetero) is 1. The minimum absolute atomic E-state index is 0.119. The van der Waals surface area contributed by atoms with E-state index in [1.807, 2.05) is 30.3 Å². The lowest BCUT2D eigenvalue weighted by molar-refractivity contribution is -0.141. The molecule has 0 aromatic heterocycles. The van der Waals surface area contributed by atoms with Crippen molar-refractivity contribution in [2.75, 3.05) is 6.61 Å². The fourth-order valence-electron chi connectivity index (χ4n) is 3.03. The van der Waals surface area contributed by atoms with Crippen molar-refractivity contribution in [2.24, 2.45) is 11.8 Å². The molecule has 1 saturated heterocycles. The number of amides is 2. The molecule has 136 valence electrons. The zero-order chi connectivity index (χ0) is 18.6. The van der Waals surface area contributed by atoms with E-state index in [1.165, 1.54) is 6.92 Å². The van der Waals surface area contributed by atoms with E-state index in [-0.39, 0.29) is 12.4 Å². The molecular weight excluding hydrogens is 322 g/mol. The highest BCUT2D eigenvalue weighted by Crippen LogP contribution is 2.22. The number of cyclic esters (lactones) is 1. The molecule has 2 rings (SSSR count). The summed E-state index contributed by atoms with van der Waals surface area (Å²) >= 11 is 0. The maximum absolute atomic E-state index is 12.7. The van der Waals surface area contributed by atoms with Crippen molar-refractivity contribution >= 4 is 17.8 Å². The summed E-state index contributed by atoms with van der Waals surface area (Å²) in [4.78, 5) is 38.3. The van der Waals surface area contributed by atoms with Crippen LogP contribution in [0.2, 0.25) is 0 Å². The monoisotopic (exact) mass is 347 g/mol. The first-order valence-corrected chi connectivity index (χ1v) is 8.62. The molecule has 2 amide bonds. The first-order valence-electron chi connectivity index (χ1n) is 8.62. The van der Waals surface area contributed by atoms with Crippen molar-refractivity contribution in [1.29, 1.82) is 0 Å². The zero-order valence-electron chi connectivity index (χ0n) is 14.8. The number of carbonyl (C=O) groups is 3. The Bertz CT molecular complexity index is 630. The molecular formula is C19H25NO5. The molecule has 1 aliphatic heterocycles. The molecule has 6 nitrogen and oxygen atoms in total. The summed E-state index contributed by atoms with van der Waals surface area (Å²) in [7, 11) is 0. The normalized spacial score (nSPS) is 20.7. The maximum atomic E-state index is 12.7. The third-order valence-corrected chi connectivity index (χ3v) is 4.75. The van der Waals surface area contributed by atoms with E-state index in [1.54, 1.807) is 13.8 Å². The average Bonchev–Trinajstić information content (AvgIpc) is 2.99. The van der Waals surface area contributed by atoms with Crippen LogP contribution in [0.4, 0.5) is 4.79 Å². The SMILES string of the molecule is CC[C@@H](O)[C@@H](C)C(=O)[C@@H](C)C(=O)N1C(=O)OC[C@@H]1Cc1ccccc1. The number of nitrogens with zero attached hydrogens (tertiary/aromatic N) is 1. The fourth-order valence-corrected chi connectivity index (χ4v) is 3.03. The highest BCUT2D eigenvalue weighted by Gasteiger charge is 2.42. The van der Waals surface area contributed by atoms with E-state index < -0.39 is 36.0 Å². The molecule has 25 heavy (non-hydrogen) atoms. The van der Waals surface area contributed by atoms with Crippen molar-refractivity contribution in [3.63, 3.8) is 0 Å². The number of rotatable bonds is 7. The van der Waals surface area contributed by atoms with Gasteiger partial charge >= 0.3 is 6.09 Å². The molecule has 0 aliphatic carbocycles. The van der Waals surface area contributed by atoms with Gasteiger partial charge in [0, 0.05) is 5.92 Å². The van der Waals surface area contributed by atoms with Crippen molar-refractivity contribution in [3.05, 3.63) is 35.9 Å². The first kappa shape index (κ1) is 19.1. The molecule has 6 heteroatoms. The summed E-state index contributed by atoms with van der Waals surface area (Å²) in [6, 6.07) is 9.07. The minimum atomic E-state index is -1.000. The summed E-state index contributed by atoms with van der Waals surface area (Å²) in [5.41, 5.74) is 0.984. The zero-order valence-corrected chi connectivity index (χ0v) is 14.8. The summed E-state index contributed by atoms with van der Waals surface area (Å²) in [6.07, 6.45) is -0.606. The van der Waals surface area contributed by atoms with Crippen LogP contribution in [-0.4, -0.2) is 46.5 Å². The van der Waals surface area contributed by atoms with Crippen LogP contribution >= 0.6 is 0 Å². The number of aliphatic hydroxyl groups excluding tert-OH is 1. The topological polar surface area (TPSA) is 83.9 Å². The van der Waals surface area contributed by atoms with Crippen LogP contribution in [0.25, 0.3) is 0 Å². The van der Waals surface area contributed by atoms with Crippen LogP contribution in [0.15, 0.2) is 30.3 Å². The first-order chi connectivity index (χ1) is 11.9. The quantitative estimate of drug-likeness (QED) is 0.765. The second-order valence-electron chi connectivity index (χ2n) is 6.52. The third-order valence-electron chi connectivity index (χ3n) is 4.75. The van der Waals surface area contributed by atoms with Gasteiger partial charge in [0.2, 0.25) is 5.91 Å². The van der Waals surface area contributed by atoms with Gasteiger partial charge in [0.15, 0.2) is 0 Å². The largest absolute Gasteiger partial charge is 0.447 e. The van der Waals surface area contributed by atoms with Gasteiger partial charge in [-0.05, 0) is 25.3 Å². The van der Waals surface area contributed by atoms with Gasteiger partial charge < -0.3 is 9.84 Å². The van der Waals surface area contributed by atoms with E-state index in [9.17, 15) is 19.5 Å². The van der Waals surface area contributed by atoms with Crippen molar-refractivity contribution in [2.45, 2.75) is 45.8 Å². The van der Waals surface area contributed by atoms with Crippen LogP contribution < -0.4 is 0 Å². The lowest BCUT2D eigenvalue weighted by Crippen LogP contribution is -2.46. The maximum Gasteiger partial charge on any atom is 0.417 e. The predicted octanol–water partition coefficient (Wildman–Crippen LogP) is 2.19. The lowest BCUT2D eigenvalue weighted by atomic mass is 9.89. The summed E-state index contributed by atoms with van der Waals surface area (Å²) < 4.78 is 5.04. The Morgan fingerprint density at radius 3 is 2.52 bits per heavy atom. The molecule has 1 heterocycles. The highest BCUT2D eigenvalue weighted by molar-refractivity contribution is 6.07. The van der Waals surface area contributed by atoms with Gasteiger partial charge in [0.25, 0.3) is 0 Å². The molecule has 4 atom stereocenters. The molecule has 0 unspecified atom stereocenters. The van der Waals surface area contributed by atoms with E-state index >= 15 is 0 Å². The van der Waals surface area contributed by atoms with Crippen molar-refractivity contribution < 1.29 is 24.2 Å². The van der Waals surface area contributed by atoms with Gasteiger partial charge in [-0.1, -0.05) is 44.2 Å². The number of carbonyl (C=O) groups excluding carboxylic acids is 3. The summed E-state index contributed by atoms with van der Waals surface area (Å²) in [5, 5.41) is 9.85. The summed E-state index contributed by atoms with van der Waals surface area (Å²) in [5.74, 6) is -2.59. The average molecular weight is 347 g/mol. The molecule has 1 fully saturated rings. The van der Waals surface area contributed by atoms with E-state index in [0.717, 1.165) is 10.5 Å². The molecule has 0 spiro atoms. The van der Waals surface area contributed by atoms with Gasteiger partial charge in [0.05, 0.1) is 18.1 Å². The second-order valence-corrected chi connectivity index (χ2v) is 6.52. The van der Waals surface area contributed by atoms with Crippen LogP contribution in [0.1, 0.15) is 32.8 Å². The van der Waals surface area contributed by atoms with Gasteiger partial charge in [-0.25, -0.2) is 9.69 Å². The number of hydrogen-bond acceptors (Lipinski definition) is 5. The molecule has 1 aromatic carbocycles. The van der Waals surface area contributed by atoms with Crippen molar-refractivity contribution in [3.8, 4) is 0 Å². The van der Waals surface area contributed by atoms with E-state index in [4.69, 9.17) is 4.74 Å².